The quantitative estimate of drug-likeness (QED) is 0.207. The molecule has 11 heteroatoms. The Morgan fingerprint density at radius 1 is 1.04 bits per heavy atom. The van der Waals surface area contributed by atoms with Crippen molar-refractivity contribution >= 4 is 5.97 Å². The van der Waals surface area contributed by atoms with Crippen LogP contribution in [0.3, 0.4) is 0 Å². The van der Waals surface area contributed by atoms with Crippen LogP contribution in [0.15, 0.2) is 12.4 Å². The van der Waals surface area contributed by atoms with Gasteiger partial charge in [-0.25, -0.2) is 4.79 Å². The molecule has 0 amide bonds. The lowest BCUT2D eigenvalue weighted by molar-refractivity contribution is -0.148. The van der Waals surface area contributed by atoms with E-state index in [1.807, 2.05) is 0 Å². The van der Waals surface area contributed by atoms with E-state index in [4.69, 9.17) is 20.1 Å². The summed E-state index contributed by atoms with van der Waals surface area (Å²) in [4.78, 5) is 18.2. The van der Waals surface area contributed by atoms with Gasteiger partial charge in [0.1, 0.15) is 31.0 Å². The van der Waals surface area contributed by atoms with Crippen molar-refractivity contribution in [2.45, 2.75) is 36.9 Å². The standard InChI is InChI=1S/C14H22N2O9/c17-4-10(20)14(24)13(23)8-3-15-7(2-16-8)1-9(19)11(5-18)25-6-12(21)22/h2-3,9-11,13-14,17-20,23-24H,1,4-6H2,(H,21,22)/t9-,10+,11+,13+,14+/m0/s1. The van der Waals surface area contributed by atoms with Gasteiger partial charge in [-0.05, 0) is 0 Å². The van der Waals surface area contributed by atoms with Crippen LogP contribution in [0.2, 0.25) is 0 Å². The van der Waals surface area contributed by atoms with Crippen LogP contribution in [0.1, 0.15) is 17.5 Å². The molecule has 0 fully saturated rings. The molecule has 0 spiro atoms. The predicted octanol–water partition coefficient (Wildman–Crippen LogP) is -3.41. The van der Waals surface area contributed by atoms with Crippen molar-refractivity contribution in [1.82, 2.24) is 9.97 Å². The Hall–Kier alpha value is -1.73. The van der Waals surface area contributed by atoms with Crippen molar-refractivity contribution in [1.29, 1.82) is 0 Å². The first-order chi connectivity index (χ1) is 11.8. The summed E-state index contributed by atoms with van der Waals surface area (Å²) in [7, 11) is 0. The molecular formula is C14H22N2O9. The van der Waals surface area contributed by atoms with Crippen LogP contribution in [-0.4, -0.2) is 95.9 Å². The van der Waals surface area contributed by atoms with Crippen molar-refractivity contribution in [2.75, 3.05) is 19.8 Å². The Morgan fingerprint density at radius 3 is 2.20 bits per heavy atom. The summed E-state index contributed by atoms with van der Waals surface area (Å²) in [5, 5.41) is 65.1. The number of ether oxygens (including phenoxy) is 1. The normalized spacial score (nSPS) is 17.5. The molecule has 7 N–H and O–H groups in total. The van der Waals surface area contributed by atoms with Gasteiger partial charge in [0.15, 0.2) is 0 Å². The van der Waals surface area contributed by atoms with E-state index in [0.29, 0.717) is 0 Å². The highest BCUT2D eigenvalue weighted by atomic mass is 16.5. The van der Waals surface area contributed by atoms with Gasteiger partial charge in [-0.3, -0.25) is 9.97 Å². The van der Waals surface area contributed by atoms with Gasteiger partial charge in [0.05, 0.1) is 36.9 Å². The van der Waals surface area contributed by atoms with Crippen LogP contribution in [0, 0.1) is 0 Å². The van der Waals surface area contributed by atoms with E-state index in [-0.39, 0.29) is 17.8 Å². The summed E-state index contributed by atoms with van der Waals surface area (Å²) in [6.07, 6.45) is -4.92. The zero-order chi connectivity index (χ0) is 19.0. The number of carbonyl (C=O) groups is 1. The van der Waals surface area contributed by atoms with E-state index in [1.165, 1.54) is 6.20 Å². The van der Waals surface area contributed by atoms with Crippen molar-refractivity contribution in [3.05, 3.63) is 23.8 Å². The second-order valence-corrected chi connectivity index (χ2v) is 5.32. The lowest BCUT2D eigenvalue weighted by atomic mass is 10.1. The molecule has 1 rings (SSSR count). The largest absolute Gasteiger partial charge is 0.480 e. The number of hydrogen-bond acceptors (Lipinski definition) is 10. The van der Waals surface area contributed by atoms with Gasteiger partial charge in [-0.15, -0.1) is 0 Å². The van der Waals surface area contributed by atoms with Crippen LogP contribution in [0.4, 0.5) is 0 Å². The molecule has 0 aromatic carbocycles. The van der Waals surface area contributed by atoms with E-state index < -0.39 is 56.3 Å². The third-order valence-corrected chi connectivity index (χ3v) is 3.38. The topological polar surface area (TPSA) is 194 Å². The van der Waals surface area contributed by atoms with Crippen molar-refractivity contribution in [3.63, 3.8) is 0 Å². The number of aliphatic carboxylic acids is 1. The minimum Gasteiger partial charge on any atom is -0.480 e. The van der Waals surface area contributed by atoms with Crippen LogP contribution in [-0.2, 0) is 16.0 Å². The van der Waals surface area contributed by atoms with Crippen molar-refractivity contribution in [3.8, 4) is 0 Å². The van der Waals surface area contributed by atoms with Gasteiger partial charge in [-0.1, -0.05) is 0 Å². The molecule has 1 aromatic rings. The molecule has 0 bridgehead atoms. The Labute approximate surface area is 142 Å². The Kier molecular flexibility index (Phi) is 8.78. The zero-order valence-corrected chi connectivity index (χ0v) is 13.2. The molecule has 142 valence electrons. The first-order valence-corrected chi connectivity index (χ1v) is 7.38. The average molecular weight is 362 g/mol. The summed E-state index contributed by atoms with van der Waals surface area (Å²) in [5.41, 5.74) is 0.206. The number of hydrogen-bond donors (Lipinski definition) is 7. The number of nitrogens with zero attached hydrogens (tertiary/aromatic N) is 2. The molecule has 0 saturated carbocycles. The van der Waals surface area contributed by atoms with E-state index in [9.17, 15) is 25.2 Å². The molecule has 0 saturated heterocycles. The predicted molar refractivity (Wildman–Crippen MR) is 80.3 cm³/mol. The van der Waals surface area contributed by atoms with Crippen molar-refractivity contribution < 1.29 is 45.3 Å². The minimum atomic E-state index is -1.65. The van der Waals surface area contributed by atoms with Crippen LogP contribution >= 0.6 is 0 Å². The monoisotopic (exact) mass is 362 g/mol. The van der Waals surface area contributed by atoms with Gasteiger partial charge in [0.2, 0.25) is 0 Å². The van der Waals surface area contributed by atoms with Gasteiger partial charge in [-0.2, -0.15) is 0 Å². The fourth-order valence-electron chi connectivity index (χ4n) is 1.93. The first-order valence-electron chi connectivity index (χ1n) is 7.38. The molecule has 0 aliphatic heterocycles. The molecule has 25 heavy (non-hydrogen) atoms. The number of aliphatic hydroxyl groups excluding tert-OH is 6. The Morgan fingerprint density at radius 2 is 1.72 bits per heavy atom. The summed E-state index contributed by atoms with van der Waals surface area (Å²) in [6, 6.07) is 0. The minimum absolute atomic E-state index is 0.0564. The molecule has 11 nitrogen and oxygen atoms in total. The number of rotatable bonds is 11. The highest BCUT2D eigenvalue weighted by molar-refractivity contribution is 5.68. The molecule has 5 atom stereocenters. The highest BCUT2D eigenvalue weighted by Crippen LogP contribution is 2.17. The first kappa shape index (κ1) is 21.3. The molecule has 1 heterocycles. The third-order valence-electron chi connectivity index (χ3n) is 3.38. The SMILES string of the molecule is O=C(O)CO[C@H](CO)[C@@H](O)Cc1cnc([C@@H](O)[C@H](O)[C@H](O)CO)cn1. The fourth-order valence-corrected chi connectivity index (χ4v) is 1.93. The Bertz CT molecular complexity index is 528. The average Bonchev–Trinajstić information content (AvgIpc) is 2.60. The van der Waals surface area contributed by atoms with Crippen molar-refractivity contribution in [2.24, 2.45) is 0 Å². The van der Waals surface area contributed by atoms with Crippen LogP contribution in [0.25, 0.3) is 0 Å². The molecule has 1 aromatic heterocycles. The number of aromatic nitrogens is 2. The summed E-state index contributed by atoms with van der Waals surface area (Å²) >= 11 is 0. The van der Waals surface area contributed by atoms with E-state index in [2.05, 4.69) is 9.97 Å². The highest BCUT2D eigenvalue weighted by Gasteiger charge is 2.27. The van der Waals surface area contributed by atoms with Crippen LogP contribution < -0.4 is 0 Å². The smallest absolute Gasteiger partial charge is 0.329 e. The fraction of sp³-hybridized carbons (Fsp3) is 0.643. The summed E-state index contributed by atoms with van der Waals surface area (Å²) in [5.74, 6) is -1.24. The zero-order valence-electron chi connectivity index (χ0n) is 13.2. The van der Waals surface area contributed by atoms with E-state index in [1.54, 1.807) is 0 Å². The van der Waals surface area contributed by atoms with E-state index in [0.717, 1.165) is 6.20 Å². The maximum Gasteiger partial charge on any atom is 0.329 e. The lowest BCUT2D eigenvalue weighted by Crippen LogP contribution is -2.36. The lowest BCUT2D eigenvalue weighted by Gasteiger charge is -2.22. The van der Waals surface area contributed by atoms with E-state index >= 15 is 0 Å². The number of aliphatic hydroxyl groups is 6. The van der Waals surface area contributed by atoms with Gasteiger partial charge in [0, 0.05) is 12.6 Å². The van der Waals surface area contributed by atoms with Crippen LogP contribution in [0.5, 0.6) is 0 Å². The maximum absolute atomic E-state index is 10.4. The summed E-state index contributed by atoms with van der Waals surface area (Å²) in [6.45, 7) is -2.01. The molecule has 0 aliphatic carbocycles. The molecular weight excluding hydrogens is 340 g/mol. The second kappa shape index (κ2) is 10.3. The second-order valence-electron chi connectivity index (χ2n) is 5.32. The molecule has 0 radical (unpaired) electrons. The van der Waals surface area contributed by atoms with Gasteiger partial charge in [0.25, 0.3) is 0 Å². The number of carboxylic acid groups (broad SMARTS) is 1. The number of carboxylic acids is 1. The molecule has 0 unspecified atom stereocenters. The molecule has 0 aliphatic rings. The Balaban J connectivity index is 2.67. The maximum atomic E-state index is 10.4. The summed E-state index contributed by atoms with van der Waals surface area (Å²) < 4.78 is 4.85. The van der Waals surface area contributed by atoms with Gasteiger partial charge < -0.3 is 40.5 Å². The van der Waals surface area contributed by atoms with Gasteiger partial charge >= 0.3 is 5.97 Å². The third kappa shape index (κ3) is 6.59.